The Balaban J connectivity index is 1.65. The van der Waals surface area contributed by atoms with E-state index in [4.69, 9.17) is 11.6 Å². The molecule has 0 fully saturated rings. The standard InChI is InChI=1S/C22H17ClN4O4S/c1-13-6-9-16(12-19(13)32(30,31)27-15-10-7-14(23)8-11-15)24-22(29)20-17-4-2-3-5-18(17)21(28)26-25-20/h2-12,27H,1H3,(H,24,29)(H,26,28). The van der Waals surface area contributed by atoms with Gasteiger partial charge in [0.2, 0.25) is 0 Å². The Morgan fingerprint density at radius 2 is 1.62 bits per heavy atom. The van der Waals surface area contributed by atoms with Crippen LogP contribution in [-0.4, -0.2) is 24.5 Å². The molecule has 3 aromatic carbocycles. The van der Waals surface area contributed by atoms with Crippen molar-refractivity contribution in [2.75, 3.05) is 10.0 Å². The molecule has 0 saturated carbocycles. The lowest BCUT2D eigenvalue weighted by Crippen LogP contribution is -2.20. The Morgan fingerprint density at radius 3 is 2.34 bits per heavy atom. The molecule has 0 unspecified atom stereocenters. The van der Waals surface area contributed by atoms with E-state index in [9.17, 15) is 18.0 Å². The van der Waals surface area contributed by atoms with Crippen molar-refractivity contribution in [1.82, 2.24) is 10.2 Å². The van der Waals surface area contributed by atoms with Crippen LogP contribution in [0, 0.1) is 6.92 Å². The number of benzene rings is 3. The Kier molecular flexibility index (Phi) is 5.68. The van der Waals surface area contributed by atoms with Gasteiger partial charge in [-0.1, -0.05) is 35.9 Å². The number of H-pyrrole nitrogens is 1. The summed E-state index contributed by atoms with van der Waals surface area (Å²) in [6, 6.07) is 17.4. The fraction of sp³-hybridized carbons (Fsp3) is 0.0455. The first-order chi connectivity index (χ1) is 15.2. The van der Waals surface area contributed by atoms with E-state index >= 15 is 0 Å². The van der Waals surface area contributed by atoms with Gasteiger partial charge in [-0.3, -0.25) is 14.3 Å². The van der Waals surface area contributed by atoms with Crippen molar-refractivity contribution in [3.8, 4) is 0 Å². The minimum atomic E-state index is -3.93. The summed E-state index contributed by atoms with van der Waals surface area (Å²) in [4.78, 5) is 24.8. The Morgan fingerprint density at radius 1 is 0.969 bits per heavy atom. The number of hydrogen-bond donors (Lipinski definition) is 3. The van der Waals surface area contributed by atoms with E-state index in [1.807, 2.05) is 0 Å². The average Bonchev–Trinajstić information content (AvgIpc) is 2.77. The highest BCUT2D eigenvalue weighted by atomic mass is 35.5. The number of amides is 1. The SMILES string of the molecule is Cc1ccc(NC(=O)c2n[nH]c(=O)c3ccccc23)cc1S(=O)(=O)Nc1ccc(Cl)cc1. The van der Waals surface area contributed by atoms with Crippen LogP contribution in [0.25, 0.3) is 10.8 Å². The zero-order valence-electron chi connectivity index (χ0n) is 16.7. The number of halogens is 1. The minimum Gasteiger partial charge on any atom is -0.321 e. The molecule has 1 aromatic heterocycles. The molecular weight excluding hydrogens is 452 g/mol. The third-order valence-electron chi connectivity index (χ3n) is 4.74. The number of sulfonamides is 1. The van der Waals surface area contributed by atoms with Crippen molar-refractivity contribution in [3.05, 3.63) is 93.4 Å². The maximum atomic E-state index is 12.9. The van der Waals surface area contributed by atoms with Crippen molar-refractivity contribution in [3.63, 3.8) is 0 Å². The van der Waals surface area contributed by atoms with Gasteiger partial charge >= 0.3 is 0 Å². The number of anilines is 2. The Hall–Kier alpha value is -3.69. The second-order valence-corrected chi connectivity index (χ2v) is 9.08. The highest BCUT2D eigenvalue weighted by Crippen LogP contribution is 2.24. The molecule has 4 aromatic rings. The van der Waals surface area contributed by atoms with Crippen LogP contribution in [0.15, 0.2) is 76.4 Å². The first-order valence-electron chi connectivity index (χ1n) is 9.42. The van der Waals surface area contributed by atoms with Gasteiger partial charge < -0.3 is 5.32 Å². The molecule has 0 bridgehead atoms. The van der Waals surface area contributed by atoms with Crippen molar-refractivity contribution in [2.45, 2.75) is 11.8 Å². The summed E-state index contributed by atoms with van der Waals surface area (Å²) in [5, 5.41) is 10.0. The van der Waals surface area contributed by atoms with Gasteiger partial charge in [0, 0.05) is 21.8 Å². The zero-order chi connectivity index (χ0) is 22.9. The lowest BCUT2D eigenvalue weighted by atomic mass is 10.1. The number of aromatic nitrogens is 2. The normalized spacial score (nSPS) is 11.3. The third kappa shape index (κ3) is 4.34. The van der Waals surface area contributed by atoms with Gasteiger partial charge in [-0.2, -0.15) is 5.10 Å². The van der Waals surface area contributed by atoms with Crippen LogP contribution < -0.4 is 15.6 Å². The number of carbonyl (C=O) groups is 1. The second kappa shape index (κ2) is 8.45. The van der Waals surface area contributed by atoms with E-state index in [-0.39, 0.29) is 16.3 Å². The van der Waals surface area contributed by atoms with Crippen molar-refractivity contribution >= 4 is 49.7 Å². The molecule has 0 aliphatic heterocycles. The highest BCUT2D eigenvalue weighted by Gasteiger charge is 2.20. The van der Waals surface area contributed by atoms with Crippen molar-refractivity contribution < 1.29 is 13.2 Å². The predicted octanol–water partition coefficient (Wildman–Crippen LogP) is 3.94. The summed E-state index contributed by atoms with van der Waals surface area (Å²) in [5.41, 5.74) is 0.719. The van der Waals surface area contributed by atoms with Gasteiger partial charge in [-0.25, -0.2) is 13.5 Å². The Labute approximate surface area is 188 Å². The molecule has 10 heteroatoms. The molecular formula is C22H17ClN4O4S. The number of hydrogen-bond acceptors (Lipinski definition) is 5. The maximum absolute atomic E-state index is 12.9. The van der Waals surface area contributed by atoms with Gasteiger partial charge in [0.05, 0.1) is 10.3 Å². The number of fused-ring (bicyclic) bond motifs is 1. The van der Waals surface area contributed by atoms with Gasteiger partial charge in [-0.15, -0.1) is 0 Å². The minimum absolute atomic E-state index is 0.00420. The maximum Gasteiger partial charge on any atom is 0.276 e. The smallest absolute Gasteiger partial charge is 0.276 e. The highest BCUT2D eigenvalue weighted by molar-refractivity contribution is 7.92. The van der Waals surface area contributed by atoms with Crippen LogP contribution >= 0.6 is 11.6 Å². The Bertz CT molecular complexity index is 1500. The molecule has 0 aliphatic carbocycles. The van der Waals surface area contributed by atoms with Gasteiger partial charge in [0.25, 0.3) is 21.5 Å². The molecule has 3 N–H and O–H groups in total. The molecule has 1 heterocycles. The number of aryl methyl sites for hydroxylation is 1. The molecule has 0 saturated heterocycles. The number of nitrogens with one attached hydrogen (secondary N) is 3. The van der Waals surface area contributed by atoms with E-state index in [1.165, 1.54) is 6.07 Å². The van der Waals surface area contributed by atoms with Gasteiger partial charge in [0.1, 0.15) is 0 Å². The van der Waals surface area contributed by atoms with Crippen LogP contribution in [0.4, 0.5) is 11.4 Å². The predicted molar refractivity (Wildman–Crippen MR) is 124 cm³/mol. The van der Waals surface area contributed by atoms with Crippen LogP contribution in [0.1, 0.15) is 16.1 Å². The fourth-order valence-corrected chi connectivity index (χ4v) is 4.63. The van der Waals surface area contributed by atoms with Crippen LogP contribution in [-0.2, 0) is 10.0 Å². The quantitative estimate of drug-likeness (QED) is 0.409. The number of nitrogens with zero attached hydrogens (tertiary/aromatic N) is 1. The molecule has 162 valence electrons. The lowest BCUT2D eigenvalue weighted by Gasteiger charge is -2.13. The summed E-state index contributed by atoms with van der Waals surface area (Å²) in [6.45, 7) is 1.65. The summed E-state index contributed by atoms with van der Waals surface area (Å²) in [5.74, 6) is -0.588. The molecule has 0 atom stereocenters. The summed E-state index contributed by atoms with van der Waals surface area (Å²) in [7, 11) is -3.93. The fourth-order valence-electron chi connectivity index (χ4n) is 3.17. The second-order valence-electron chi connectivity index (χ2n) is 6.99. The molecule has 0 spiro atoms. The van der Waals surface area contributed by atoms with Gasteiger partial charge in [-0.05, 0) is 55.0 Å². The topological polar surface area (TPSA) is 121 Å². The molecule has 8 nitrogen and oxygen atoms in total. The van der Waals surface area contributed by atoms with Crippen molar-refractivity contribution in [1.29, 1.82) is 0 Å². The first kappa shape index (κ1) is 21.5. The van der Waals surface area contributed by atoms with E-state index < -0.39 is 21.5 Å². The number of aromatic amines is 1. The molecule has 4 rings (SSSR count). The third-order valence-corrected chi connectivity index (χ3v) is 6.52. The number of rotatable bonds is 5. The summed E-state index contributed by atoms with van der Waals surface area (Å²) >= 11 is 5.85. The molecule has 0 aliphatic rings. The average molecular weight is 469 g/mol. The van der Waals surface area contributed by atoms with E-state index in [1.54, 1.807) is 67.6 Å². The number of carbonyl (C=O) groups excluding carboxylic acids is 1. The van der Waals surface area contributed by atoms with Crippen LogP contribution in [0.2, 0.25) is 5.02 Å². The zero-order valence-corrected chi connectivity index (χ0v) is 18.3. The molecule has 32 heavy (non-hydrogen) atoms. The van der Waals surface area contributed by atoms with Crippen LogP contribution in [0.5, 0.6) is 0 Å². The largest absolute Gasteiger partial charge is 0.321 e. The molecule has 1 amide bonds. The lowest BCUT2D eigenvalue weighted by molar-refractivity contribution is 0.102. The monoisotopic (exact) mass is 468 g/mol. The van der Waals surface area contributed by atoms with Crippen LogP contribution in [0.3, 0.4) is 0 Å². The summed E-state index contributed by atoms with van der Waals surface area (Å²) < 4.78 is 28.3. The molecule has 0 radical (unpaired) electrons. The van der Waals surface area contributed by atoms with E-state index in [2.05, 4.69) is 20.2 Å². The van der Waals surface area contributed by atoms with Gasteiger partial charge in [0.15, 0.2) is 5.69 Å². The van der Waals surface area contributed by atoms with Crippen molar-refractivity contribution in [2.24, 2.45) is 0 Å². The summed E-state index contributed by atoms with van der Waals surface area (Å²) in [6.07, 6.45) is 0. The first-order valence-corrected chi connectivity index (χ1v) is 11.3. The van der Waals surface area contributed by atoms with E-state index in [0.29, 0.717) is 27.0 Å². The van der Waals surface area contributed by atoms with E-state index in [0.717, 1.165) is 0 Å².